The van der Waals surface area contributed by atoms with Crippen LogP contribution in [0.3, 0.4) is 0 Å². The number of rotatable bonds is 5. The lowest BCUT2D eigenvalue weighted by Crippen LogP contribution is -2.13. The molecule has 0 aliphatic rings. The molecular formula is C16H16BrClO. The highest BCUT2D eigenvalue weighted by atomic mass is 79.9. The van der Waals surface area contributed by atoms with Crippen LogP contribution < -0.4 is 0 Å². The maximum Gasteiger partial charge on any atom is 0.0465 e. The minimum absolute atomic E-state index is 0.174. The summed E-state index contributed by atoms with van der Waals surface area (Å²) >= 11 is 9.54. The Bertz CT molecular complexity index is 542. The molecule has 1 nitrogen and oxygen atoms in total. The SMILES string of the molecule is OCC(Cc1cccc(Cl)c1)Cc1ccccc1Br. The van der Waals surface area contributed by atoms with E-state index >= 15 is 0 Å². The largest absolute Gasteiger partial charge is 0.396 e. The number of halogens is 2. The minimum Gasteiger partial charge on any atom is -0.396 e. The fraction of sp³-hybridized carbons (Fsp3) is 0.250. The first kappa shape index (κ1) is 14.6. The van der Waals surface area contributed by atoms with Gasteiger partial charge < -0.3 is 5.11 Å². The molecule has 0 radical (unpaired) electrons. The predicted molar refractivity (Wildman–Crippen MR) is 83.6 cm³/mol. The van der Waals surface area contributed by atoms with Crippen LogP contribution in [0.1, 0.15) is 11.1 Å². The molecule has 0 aliphatic carbocycles. The highest BCUT2D eigenvalue weighted by Gasteiger charge is 2.11. The quantitative estimate of drug-likeness (QED) is 0.850. The third-order valence-electron chi connectivity index (χ3n) is 3.14. The van der Waals surface area contributed by atoms with E-state index in [1.807, 2.05) is 36.4 Å². The van der Waals surface area contributed by atoms with E-state index in [4.69, 9.17) is 11.6 Å². The first-order valence-electron chi connectivity index (χ1n) is 6.27. The topological polar surface area (TPSA) is 20.2 Å². The molecule has 1 unspecified atom stereocenters. The molecule has 100 valence electrons. The summed E-state index contributed by atoms with van der Waals surface area (Å²) in [4.78, 5) is 0. The summed E-state index contributed by atoms with van der Waals surface area (Å²) in [6.45, 7) is 0.174. The van der Waals surface area contributed by atoms with Gasteiger partial charge in [-0.1, -0.05) is 57.9 Å². The van der Waals surface area contributed by atoms with Crippen molar-refractivity contribution in [1.29, 1.82) is 0 Å². The molecule has 2 rings (SSSR count). The number of benzene rings is 2. The Morgan fingerprint density at radius 1 is 1.05 bits per heavy atom. The molecule has 0 aliphatic heterocycles. The van der Waals surface area contributed by atoms with Crippen molar-refractivity contribution in [3.8, 4) is 0 Å². The number of hydrogen-bond donors (Lipinski definition) is 1. The van der Waals surface area contributed by atoms with Crippen LogP contribution in [0.2, 0.25) is 5.02 Å². The number of aliphatic hydroxyl groups is 1. The monoisotopic (exact) mass is 338 g/mol. The van der Waals surface area contributed by atoms with Crippen LogP contribution in [0.25, 0.3) is 0 Å². The molecule has 0 saturated heterocycles. The average molecular weight is 340 g/mol. The van der Waals surface area contributed by atoms with E-state index < -0.39 is 0 Å². The lowest BCUT2D eigenvalue weighted by Gasteiger charge is -2.15. The van der Waals surface area contributed by atoms with Gasteiger partial charge in [0.15, 0.2) is 0 Å². The normalized spacial score (nSPS) is 12.4. The molecule has 0 bridgehead atoms. The van der Waals surface area contributed by atoms with Crippen molar-refractivity contribution >= 4 is 27.5 Å². The van der Waals surface area contributed by atoms with Crippen LogP contribution in [-0.4, -0.2) is 11.7 Å². The highest BCUT2D eigenvalue weighted by molar-refractivity contribution is 9.10. The molecule has 2 aromatic rings. The summed E-state index contributed by atoms with van der Waals surface area (Å²) in [7, 11) is 0. The zero-order chi connectivity index (χ0) is 13.7. The summed E-state index contributed by atoms with van der Waals surface area (Å²) in [6.07, 6.45) is 1.68. The Kier molecular flexibility index (Phi) is 5.44. The molecule has 0 heterocycles. The number of hydrogen-bond acceptors (Lipinski definition) is 1. The zero-order valence-electron chi connectivity index (χ0n) is 10.5. The molecule has 0 aromatic heterocycles. The van der Waals surface area contributed by atoms with Crippen LogP contribution in [0.5, 0.6) is 0 Å². The van der Waals surface area contributed by atoms with E-state index in [0.29, 0.717) is 0 Å². The van der Waals surface area contributed by atoms with Crippen LogP contribution in [0.15, 0.2) is 53.0 Å². The molecule has 0 saturated carbocycles. The van der Waals surface area contributed by atoms with Gasteiger partial charge in [-0.05, 0) is 48.1 Å². The molecular weight excluding hydrogens is 324 g/mol. The van der Waals surface area contributed by atoms with E-state index in [-0.39, 0.29) is 12.5 Å². The fourth-order valence-electron chi connectivity index (χ4n) is 2.17. The molecule has 2 aromatic carbocycles. The van der Waals surface area contributed by atoms with Crippen LogP contribution in [0, 0.1) is 5.92 Å². The van der Waals surface area contributed by atoms with Crippen molar-refractivity contribution < 1.29 is 5.11 Å². The van der Waals surface area contributed by atoms with Crippen LogP contribution in [0.4, 0.5) is 0 Å². The Morgan fingerprint density at radius 2 is 1.84 bits per heavy atom. The van der Waals surface area contributed by atoms with Gasteiger partial charge in [-0.15, -0.1) is 0 Å². The third-order valence-corrected chi connectivity index (χ3v) is 4.15. The highest BCUT2D eigenvalue weighted by Crippen LogP contribution is 2.22. The smallest absolute Gasteiger partial charge is 0.0465 e. The molecule has 0 spiro atoms. The van der Waals surface area contributed by atoms with Gasteiger partial charge >= 0.3 is 0 Å². The first-order valence-corrected chi connectivity index (χ1v) is 7.45. The van der Waals surface area contributed by atoms with E-state index in [1.54, 1.807) is 0 Å². The van der Waals surface area contributed by atoms with Crippen LogP contribution in [-0.2, 0) is 12.8 Å². The Morgan fingerprint density at radius 3 is 2.53 bits per heavy atom. The first-order chi connectivity index (χ1) is 9.19. The van der Waals surface area contributed by atoms with Crippen molar-refractivity contribution in [3.05, 3.63) is 69.2 Å². The summed E-state index contributed by atoms with van der Waals surface area (Å²) in [5.41, 5.74) is 2.39. The lowest BCUT2D eigenvalue weighted by atomic mass is 9.93. The fourth-order valence-corrected chi connectivity index (χ4v) is 2.83. The van der Waals surface area contributed by atoms with Crippen LogP contribution >= 0.6 is 27.5 Å². The standard InChI is InChI=1S/C16H16BrClO/c17-16-7-2-1-5-14(16)9-13(11-19)8-12-4-3-6-15(18)10-12/h1-7,10,13,19H,8-9,11H2. The predicted octanol–water partition coefficient (Wildman–Crippen LogP) is 4.50. The average Bonchev–Trinajstić information content (AvgIpc) is 2.40. The van der Waals surface area contributed by atoms with Crippen molar-refractivity contribution in [3.63, 3.8) is 0 Å². The van der Waals surface area contributed by atoms with E-state index in [2.05, 4.69) is 28.1 Å². The van der Waals surface area contributed by atoms with E-state index in [0.717, 1.165) is 22.3 Å². The van der Waals surface area contributed by atoms with E-state index in [9.17, 15) is 5.11 Å². The van der Waals surface area contributed by atoms with E-state index in [1.165, 1.54) is 11.1 Å². The van der Waals surface area contributed by atoms with Gasteiger partial charge in [0.05, 0.1) is 0 Å². The third kappa shape index (κ3) is 4.34. The Hall–Kier alpha value is -0.830. The van der Waals surface area contributed by atoms with Gasteiger partial charge in [0, 0.05) is 16.1 Å². The van der Waals surface area contributed by atoms with Gasteiger partial charge in [0.2, 0.25) is 0 Å². The summed E-state index contributed by atoms with van der Waals surface area (Å²) in [6, 6.07) is 16.0. The van der Waals surface area contributed by atoms with Crippen molar-refractivity contribution in [2.24, 2.45) is 5.92 Å². The Balaban J connectivity index is 2.07. The molecule has 0 amide bonds. The number of aliphatic hydroxyl groups excluding tert-OH is 1. The van der Waals surface area contributed by atoms with Crippen molar-refractivity contribution in [1.82, 2.24) is 0 Å². The molecule has 1 atom stereocenters. The maximum atomic E-state index is 9.56. The maximum absolute atomic E-state index is 9.56. The second-order valence-electron chi connectivity index (χ2n) is 4.68. The second kappa shape index (κ2) is 7.09. The van der Waals surface area contributed by atoms with Gasteiger partial charge in [-0.2, -0.15) is 0 Å². The zero-order valence-corrected chi connectivity index (χ0v) is 12.9. The van der Waals surface area contributed by atoms with Crippen molar-refractivity contribution in [2.75, 3.05) is 6.61 Å². The van der Waals surface area contributed by atoms with Gasteiger partial charge in [-0.25, -0.2) is 0 Å². The van der Waals surface area contributed by atoms with Gasteiger partial charge in [-0.3, -0.25) is 0 Å². The van der Waals surface area contributed by atoms with Gasteiger partial charge in [0.1, 0.15) is 0 Å². The lowest BCUT2D eigenvalue weighted by molar-refractivity contribution is 0.225. The molecule has 0 fully saturated rings. The second-order valence-corrected chi connectivity index (χ2v) is 5.97. The molecule has 19 heavy (non-hydrogen) atoms. The van der Waals surface area contributed by atoms with Gasteiger partial charge in [0.25, 0.3) is 0 Å². The molecule has 3 heteroatoms. The Labute approximate surface area is 127 Å². The minimum atomic E-state index is 0.174. The summed E-state index contributed by atoms with van der Waals surface area (Å²) in [5.74, 6) is 0.206. The summed E-state index contributed by atoms with van der Waals surface area (Å²) < 4.78 is 1.10. The summed E-state index contributed by atoms with van der Waals surface area (Å²) in [5, 5.41) is 10.3. The van der Waals surface area contributed by atoms with Crippen molar-refractivity contribution in [2.45, 2.75) is 12.8 Å². The molecule has 1 N–H and O–H groups in total.